The van der Waals surface area contributed by atoms with Crippen LogP contribution in [0.25, 0.3) is 37.6 Å². The molecule has 0 aliphatic rings. The molecule has 27 heavy (non-hydrogen) atoms. The van der Waals surface area contributed by atoms with Crippen LogP contribution in [0, 0.1) is 0 Å². The second kappa shape index (κ2) is 6.59. The highest BCUT2D eigenvalue weighted by molar-refractivity contribution is 7.18. The summed E-state index contributed by atoms with van der Waals surface area (Å²) in [6.07, 6.45) is 2.10. The summed E-state index contributed by atoms with van der Waals surface area (Å²) in [6.45, 7) is 4.14. The van der Waals surface area contributed by atoms with Crippen LogP contribution in [0.1, 0.15) is 19.5 Å². The molecule has 0 fully saturated rings. The molecule has 3 heterocycles. The number of aromatic nitrogens is 1. The molecule has 0 atom stereocenters. The summed E-state index contributed by atoms with van der Waals surface area (Å²) in [5.41, 5.74) is 10.6. The van der Waals surface area contributed by atoms with Crippen molar-refractivity contribution in [2.75, 3.05) is 5.73 Å². The monoisotopic (exact) mass is 376 g/mol. The van der Waals surface area contributed by atoms with Crippen LogP contribution in [0.3, 0.4) is 0 Å². The average Bonchev–Trinajstić information content (AvgIpc) is 3.27. The van der Waals surface area contributed by atoms with Gasteiger partial charge >= 0.3 is 5.63 Å². The number of rotatable bonds is 3. The second-order valence-electron chi connectivity index (χ2n) is 6.54. The molecule has 0 aliphatic carbocycles. The highest BCUT2D eigenvalue weighted by Gasteiger charge is 2.14. The van der Waals surface area contributed by atoms with Crippen LogP contribution in [0.4, 0.5) is 5.69 Å². The third-order valence-electron chi connectivity index (χ3n) is 4.84. The fourth-order valence-electron chi connectivity index (χ4n) is 3.22. The van der Waals surface area contributed by atoms with Gasteiger partial charge in [0.2, 0.25) is 0 Å². The van der Waals surface area contributed by atoms with Crippen molar-refractivity contribution in [3.05, 3.63) is 70.7 Å². The summed E-state index contributed by atoms with van der Waals surface area (Å²) >= 11 is 1.59. The minimum atomic E-state index is -0.348. The number of anilines is 1. The Labute approximate surface area is 161 Å². The van der Waals surface area contributed by atoms with Gasteiger partial charge in [-0.05, 0) is 61.9 Å². The highest BCUT2D eigenvalue weighted by Crippen LogP contribution is 2.35. The zero-order valence-corrected chi connectivity index (χ0v) is 16.3. The molecule has 0 saturated carbocycles. The Balaban J connectivity index is 1.79. The minimum absolute atomic E-state index is 0.348. The Morgan fingerprint density at radius 2 is 1.89 bits per heavy atom. The first-order valence-electron chi connectivity index (χ1n) is 8.71. The number of nitrogen functional groups attached to an aromatic ring is 1. The van der Waals surface area contributed by atoms with E-state index in [1.165, 1.54) is 11.3 Å². The maximum Gasteiger partial charge on any atom is 0.345 e. The number of nitrogens with zero attached hydrogens (tertiary/aromatic N) is 1. The summed E-state index contributed by atoms with van der Waals surface area (Å²) in [6, 6.07) is 15.5. The van der Waals surface area contributed by atoms with Crippen molar-refractivity contribution in [3.8, 4) is 21.0 Å². The van der Waals surface area contributed by atoms with E-state index in [1.54, 1.807) is 23.5 Å². The van der Waals surface area contributed by atoms with Crippen molar-refractivity contribution in [2.45, 2.75) is 13.8 Å². The fraction of sp³-hybridized carbons (Fsp3) is 0.136. The van der Waals surface area contributed by atoms with E-state index in [4.69, 9.17) is 10.2 Å². The lowest BCUT2D eigenvalue weighted by Gasteiger charge is -2.06. The van der Waals surface area contributed by atoms with E-state index < -0.39 is 0 Å². The molecular formula is C22H20N2O2S. The molecule has 4 rings (SSSR count). The van der Waals surface area contributed by atoms with Gasteiger partial charge in [-0.3, -0.25) is 0 Å². The Morgan fingerprint density at radius 1 is 1.11 bits per heavy atom. The predicted octanol–water partition coefficient (Wildman–Crippen LogP) is 5.53. The van der Waals surface area contributed by atoms with Crippen LogP contribution in [0.15, 0.2) is 63.8 Å². The van der Waals surface area contributed by atoms with E-state index >= 15 is 0 Å². The predicted molar refractivity (Wildman–Crippen MR) is 114 cm³/mol. The summed E-state index contributed by atoms with van der Waals surface area (Å²) in [5, 5.41) is 0.860. The van der Waals surface area contributed by atoms with E-state index in [-0.39, 0.29) is 5.63 Å². The molecule has 3 aromatic heterocycles. The molecular weight excluding hydrogens is 356 g/mol. The quantitative estimate of drug-likeness (QED) is 0.378. The fourth-order valence-corrected chi connectivity index (χ4v) is 4.29. The van der Waals surface area contributed by atoms with Gasteiger partial charge in [0.15, 0.2) is 0 Å². The zero-order chi connectivity index (χ0) is 19.1. The molecule has 0 amide bonds. The number of benzene rings is 1. The minimum Gasteiger partial charge on any atom is -0.422 e. The van der Waals surface area contributed by atoms with Crippen molar-refractivity contribution < 1.29 is 4.42 Å². The maximum absolute atomic E-state index is 12.5. The zero-order valence-electron chi connectivity index (χ0n) is 15.4. The smallest absolute Gasteiger partial charge is 0.345 e. The Hall–Kier alpha value is -3.05. The third kappa shape index (κ3) is 3.00. The van der Waals surface area contributed by atoms with Gasteiger partial charge in [0, 0.05) is 34.8 Å². The number of hydrogen-bond acceptors (Lipinski definition) is 4. The first-order chi connectivity index (χ1) is 13.0. The molecule has 0 spiro atoms. The number of thiophene rings is 1. The van der Waals surface area contributed by atoms with E-state index in [9.17, 15) is 4.79 Å². The van der Waals surface area contributed by atoms with Crippen molar-refractivity contribution >= 4 is 33.6 Å². The molecule has 4 nitrogen and oxygen atoms in total. The first-order valence-corrected chi connectivity index (χ1v) is 9.52. The lowest BCUT2D eigenvalue weighted by molar-refractivity contribution is 0.564. The molecule has 5 heteroatoms. The van der Waals surface area contributed by atoms with Crippen molar-refractivity contribution in [1.29, 1.82) is 0 Å². The lowest BCUT2D eigenvalue weighted by Crippen LogP contribution is -2.01. The van der Waals surface area contributed by atoms with Crippen LogP contribution < -0.4 is 11.4 Å². The summed E-state index contributed by atoms with van der Waals surface area (Å²) in [7, 11) is 2.06. The second-order valence-corrected chi connectivity index (χ2v) is 7.63. The molecule has 4 aromatic rings. The molecule has 0 radical (unpaired) electrons. The van der Waals surface area contributed by atoms with Crippen LogP contribution in [0.2, 0.25) is 0 Å². The number of hydrogen-bond donors (Lipinski definition) is 1. The van der Waals surface area contributed by atoms with Crippen LogP contribution in [-0.4, -0.2) is 4.57 Å². The standard InChI is InChI=1S/C22H20N2O2S/c1-4-13(2)17-7-8-18(24(17)3)21-10-9-20(27-21)16-11-14-5-6-15(23)12-19(14)26-22(16)25/h4-12H,23H2,1-3H3/b13-4+. The lowest BCUT2D eigenvalue weighted by atomic mass is 10.1. The Morgan fingerprint density at radius 3 is 2.67 bits per heavy atom. The summed E-state index contributed by atoms with van der Waals surface area (Å²) < 4.78 is 7.65. The van der Waals surface area contributed by atoms with Gasteiger partial charge in [-0.25, -0.2) is 4.79 Å². The van der Waals surface area contributed by atoms with Gasteiger partial charge < -0.3 is 14.7 Å². The van der Waals surface area contributed by atoms with E-state index in [0.717, 1.165) is 20.8 Å². The van der Waals surface area contributed by atoms with Crippen molar-refractivity contribution in [3.63, 3.8) is 0 Å². The molecule has 1 aromatic carbocycles. The van der Waals surface area contributed by atoms with Gasteiger partial charge in [0.05, 0.1) is 16.1 Å². The van der Waals surface area contributed by atoms with Crippen molar-refractivity contribution in [2.24, 2.45) is 7.05 Å². The number of allylic oxidation sites excluding steroid dienone is 2. The van der Waals surface area contributed by atoms with Crippen LogP contribution in [0.5, 0.6) is 0 Å². The third-order valence-corrected chi connectivity index (χ3v) is 5.98. The van der Waals surface area contributed by atoms with Gasteiger partial charge in [0.25, 0.3) is 0 Å². The molecule has 2 N–H and O–H groups in total. The summed E-state index contributed by atoms with van der Waals surface area (Å²) in [4.78, 5) is 14.5. The maximum atomic E-state index is 12.5. The van der Waals surface area contributed by atoms with Crippen molar-refractivity contribution in [1.82, 2.24) is 4.57 Å². The summed E-state index contributed by atoms with van der Waals surface area (Å²) in [5.74, 6) is 0. The molecule has 0 aliphatic heterocycles. The van der Waals surface area contributed by atoms with E-state index in [0.29, 0.717) is 16.8 Å². The Bertz CT molecular complexity index is 1240. The molecule has 0 unspecified atom stereocenters. The molecule has 0 bridgehead atoms. The SMILES string of the molecule is C/C=C(\C)c1ccc(-c2ccc(-c3cc4ccc(N)cc4oc3=O)s2)n1C. The van der Waals surface area contributed by atoms with Gasteiger partial charge in [-0.1, -0.05) is 6.08 Å². The highest BCUT2D eigenvalue weighted by atomic mass is 32.1. The van der Waals surface area contributed by atoms with Gasteiger partial charge in [-0.15, -0.1) is 11.3 Å². The van der Waals surface area contributed by atoms with Gasteiger partial charge in [0.1, 0.15) is 5.58 Å². The largest absolute Gasteiger partial charge is 0.422 e. The normalized spacial score (nSPS) is 12.0. The molecule has 0 saturated heterocycles. The number of fused-ring (bicyclic) bond motifs is 1. The topological polar surface area (TPSA) is 61.2 Å². The average molecular weight is 376 g/mol. The Kier molecular flexibility index (Phi) is 4.24. The van der Waals surface area contributed by atoms with E-state index in [2.05, 4.69) is 42.8 Å². The first kappa shape index (κ1) is 17.4. The number of nitrogens with two attached hydrogens (primary N) is 1. The van der Waals surface area contributed by atoms with Crippen LogP contribution >= 0.6 is 11.3 Å². The molecule has 136 valence electrons. The van der Waals surface area contributed by atoms with Crippen LogP contribution in [-0.2, 0) is 7.05 Å². The van der Waals surface area contributed by atoms with Gasteiger partial charge in [-0.2, -0.15) is 0 Å². The van der Waals surface area contributed by atoms with E-state index in [1.807, 2.05) is 25.1 Å².